The summed E-state index contributed by atoms with van der Waals surface area (Å²) in [6, 6.07) is 0. The third-order valence-electron chi connectivity index (χ3n) is 2.23. The van der Waals surface area contributed by atoms with Gasteiger partial charge in [0.2, 0.25) is 0 Å². The van der Waals surface area contributed by atoms with Crippen molar-refractivity contribution in [2.75, 3.05) is 0 Å². The van der Waals surface area contributed by atoms with Gasteiger partial charge < -0.3 is 4.98 Å². The summed E-state index contributed by atoms with van der Waals surface area (Å²) in [4.78, 5) is 18.6. The molecular formula is C10H9BrN2O. The van der Waals surface area contributed by atoms with E-state index in [9.17, 15) is 4.79 Å². The second kappa shape index (κ2) is 3.20. The molecular weight excluding hydrogens is 244 g/mol. The SMILES string of the molecule is CC(=O)c1c[nH]c2c(C)cnc(Br)c12. The molecule has 14 heavy (non-hydrogen) atoms. The van der Waals surface area contributed by atoms with E-state index in [-0.39, 0.29) is 5.78 Å². The molecule has 2 rings (SSSR count). The van der Waals surface area contributed by atoms with Crippen LogP contribution in [0.4, 0.5) is 0 Å². The van der Waals surface area contributed by atoms with Gasteiger partial charge in [-0.3, -0.25) is 4.79 Å². The van der Waals surface area contributed by atoms with Gasteiger partial charge in [0, 0.05) is 23.3 Å². The summed E-state index contributed by atoms with van der Waals surface area (Å²) in [5, 5.41) is 0.873. The van der Waals surface area contributed by atoms with Crippen molar-refractivity contribution in [3.8, 4) is 0 Å². The van der Waals surface area contributed by atoms with Gasteiger partial charge in [-0.05, 0) is 35.3 Å². The van der Waals surface area contributed by atoms with Gasteiger partial charge in [0.25, 0.3) is 0 Å². The molecule has 3 nitrogen and oxygen atoms in total. The predicted molar refractivity (Wildman–Crippen MR) is 58.5 cm³/mol. The molecule has 0 aliphatic carbocycles. The fourth-order valence-corrected chi connectivity index (χ4v) is 2.02. The van der Waals surface area contributed by atoms with E-state index >= 15 is 0 Å². The Labute approximate surface area is 89.7 Å². The van der Waals surface area contributed by atoms with E-state index in [1.54, 1.807) is 19.3 Å². The number of aromatic nitrogens is 2. The first kappa shape index (κ1) is 9.40. The Morgan fingerprint density at radius 3 is 2.93 bits per heavy atom. The second-order valence-electron chi connectivity index (χ2n) is 3.24. The van der Waals surface area contributed by atoms with E-state index in [2.05, 4.69) is 25.9 Å². The van der Waals surface area contributed by atoms with Gasteiger partial charge in [0.15, 0.2) is 5.78 Å². The molecule has 0 aromatic carbocycles. The number of hydrogen-bond donors (Lipinski definition) is 1. The number of aromatic amines is 1. The predicted octanol–water partition coefficient (Wildman–Crippen LogP) is 2.84. The lowest BCUT2D eigenvalue weighted by atomic mass is 10.1. The normalized spacial score (nSPS) is 10.8. The highest BCUT2D eigenvalue weighted by Crippen LogP contribution is 2.27. The summed E-state index contributed by atoms with van der Waals surface area (Å²) in [6.07, 6.45) is 3.50. The molecule has 0 spiro atoms. The van der Waals surface area contributed by atoms with Crippen LogP contribution in [-0.2, 0) is 0 Å². The quantitative estimate of drug-likeness (QED) is 0.627. The average Bonchev–Trinajstić information content (AvgIpc) is 2.56. The van der Waals surface area contributed by atoms with Crippen molar-refractivity contribution in [2.45, 2.75) is 13.8 Å². The number of pyridine rings is 1. The first-order valence-electron chi connectivity index (χ1n) is 4.24. The van der Waals surface area contributed by atoms with Gasteiger partial charge in [0.05, 0.1) is 5.52 Å². The molecule has 2 aromatic rings. The molecule has 0 atom stereocenters. The number of nitrogens with zero attached hydrogens (tertiary/aromatic N) is 1. The van der Waals surface area contributed by atoms with Gasteiger partial charge in [-0.15, -0.1) is 0 Å². The van der Waals surface area contributed by atoms with Gasteiger partial charge in [-0.1, -0.05) is 0 Å². The largest absolute Gasteiger partial charge is 0.360 e. The van der Waals surface area contributed by atoms with E-state index in [4.69, 9.17) is 0 Å². The Hall–Kier alpha value is -1.16. The van der Waals surface area contributed by atoms with Crippen LogP contribution in [0.3, 0.4) is 0 Å². The first-order valence-corrected chi connectivity index (χ1v) is 5.03. The van der Waals surface area contributed by atoms with Crippen molar-refractivity contribution in [3.05, 3.63) is 28.1 Å². The number of halogens is 1. The molecule has 1 N–H and O–H groups in total. The van der Waals surface area contributed by atoms with Crippen LogP contribution in [0.15, 0.2) is 17.0 Å². The molecule has 4 heteroatoms. The minimum absolute atomic E-state index is 0.0457. The Bertz CT molecular complexity index is 516. The fraction of sp³-hybridized carbons (Fsp3) is 0.200. The lowest BCUT2D eigenvalue weighted by molar-refractivity contribution is 0.101. The minimum atomic E-state index is 0.0457. The van der Waals surface area contributed by atoms with Gasteiger partial charge in [-0.2, -0.15) is 0 Å². The maximum Gasteiger partial charge on any atom is 0.162 e. The van der Waals surface area contributed by atoms with E-state index in [0.29, 0.717) is 10.2 Å². The van der Waals surface area contributed by atoms with Gasteiger partial charge in [0.1, 0.15) is 4.60 Å². The second-order valence-corrected chi connectivity index (χ2v) is 3.99. The fourth-order valence-electron chi connectivity index (χ4n) is 1.51. The summed E-state index contributed by atoms with van der Waals surface area (Å²) < 4.78 is 0.713. The molecule has 2 aromatic heterocycles. The van der Waals surface area contributed by atoms with E-state index in [1.165, 1.54) is 0 Å². The van der Waals surface area contributed by atoms with Gasteiger partial charge in [-0.25, -0.2) is 4.98 Å². The van der Waals surface area contributed by atoms with Crippen LogP contribution in [0.1, 0.15) is 22.8 Å². The number of ketones is 1. The Balaban J connectivity index is 2.90. The number of aryl methyl sites for hydroxylation is 1. The Morgan fingerprint density at radius 1 is 1.57 bits per heavy atom. The van der Waals surface area contributed by atoms with Crippen molar-refractivity contribution in [2.24, 2.45) is 0 Å². The van der Waals surface area contributed by atoms with Crippen LogP contribution in [0.5, 0.6) is 0 Å². The summed E-state index contributed by atoms with van der Waals surface area (Å²) >= 11 is 3.35. The molecule has 0 unspecified atom stereocenters. The summed E-state index contributed by atoms with van der Waals surface area (Å²) in [5.74, 6) is 0.0457. The lowest BCUT2D eigenvalue weighted by Crippen LogP contribution is -1.91. The summed E-state index contributed by atoms with van der Waals surface area (Å²) in [6.45, 7) is 3.51. The number of hydrogen-bond acceptors (Lipinski definition) is 2. The molecule has 72 valence electrons. The highest BCUT2D eigenvalue weighted by molar-refractivity contribution is 9.10. The maximum absolute atomic E-state index is 11.3. The van der Waals surface area contributed by atoms with Crippen molar-refractivity contribution in [1.82, 2.24) is 9.97 Å². The minimum Gasteiger partial charge on any atom is -0.360 e. The van der Waals surface area contributed by atoms with Crippen molar-refractivity contribution in [3.63, 3.8) is 0 Å². The molecule has 0 saturated heterocycles. The summed E-state index contributed by atoms with van der Waals surface area (Å²) in [7, 11) is 0. The van der Waals surface area contributed by atoms with E-state index in [0.717, 1.165) is 16.5 Å². The standard InChI is InChI=1S/C10H9BrN2O/c1-5-3-13-10(11)8-7(6(2)14)4-12-9(5)8/h3-4,12H,1-2H3. The number of carbonyl (C=O) groups excluding carboxylic acids is 1. The molecule has 0 radical (unpaired) electrons. The van der Waals surface area contributed by atoms with Crippen LogP contribution in [-0.4, -0.2) is 15.8 Å². The number of fused-ring (bicyclic) bond motifs is 1. The third-order valence-corrected chi connectivity index (χ3v) is 2.83. The van der Waals surface area contributed by atoms with Crippen LogP contribution >= 0.6 is 15.9 Å². The van der Waals surface area contributed by atoms with Crippen LogP contribution in [0.2, 0.25) is 0 Å². The van der Waals surface area contributed by atoms with Crippen LogP contribution in [0.25, 0.3) is 10.9 Å². The topological polar surface area (TPSA) is 45.8 Å². The number of Topliss-reactive ketones (excluding diaryl/α,β-unsaturated/α-hetero) is 1. The monoisotopic (exact) mass is 252 g/mol. The smallest absolute Gasteiger partial charge is 0.162 e. The summed E-state index contributed by atoms with van der Waals surface area (Å²) in [5.41, 5.74) is 2.69. The molecule has 0 saturated carbocycles. The first-order chi connectivity index (χ1) is 6.61. The molecule has 0 aliphatic heterocycles. The molecule has 0 amide bonds. The van der Waals surface area contributed by atoms with E-state index < -0.39 is 0 Å². The molecule has 0 aliphatic rings. The third kappa shape index (κ3) is 1.26. The van der Waals surface area contributed by atoms with E-state index in [1.807, 2.05) is 6.92 Å². The van der Waals surface area contributed by atoms with Crippen LogP contribution in [0, 0.1) is 6.92 Å². The average molecular weight is 253 g/mol. The molecule has 2 heterocycles. The zero-order valence-electron chi connectivity index (χ0n) is 7.89. The highest BCUT2D eigenvalue weighted by Gasteiger charge is 2.12. The number of carbonyl (C=O) groups is 1. The van der Waals surface area contributed by atoms with Crippen molar-refractivity contribution in [1.29, 1.82) is 0 Å². The number of nitrogens with one attached hydrogen (secondary N) is 1. The zero-order valence-corrected chi connectivity index (χ0v) is 9.47. The zero-order chi connectivity index (χ0) is 10.3. The van der Waals surface area contributed by atoms with Crippen molar-refractivity contribution >= 4 is 32.6 Å². The Kier molecular flexibility index (Phi) is 2.15. The molecule has 0 bridgehead atoms. The number of H-pyrrole nitrogens is 1. The highest BCUT2D eigenvalue weighted by atomic mass is 79.9. The number of rotatable bonds is 1. The van der Waals surface area contributed by atoms with Crippen molar-refractivity contribution < 1.29 is 4.79 Å². The lowest BCUT2D eigenvalue weighted by Gasteiger charge is -1.98. The maximum atomic E-state index is 11.3. The van der Waals surface area contributed by atoms with Gasteiger partial charge >= 0.3 is 0 Å². The Morgan fingerprint density at radius 2 is 2.29 bits per heavy atom. The van der Waals surface area contributed by atoms with Crippen LogP contribution < -0.4 is 0 Å². The molecule has 0 fully saturated rings.